The second-order valence-corrected chi connectivity index (χ2v) is 4.66. The lowest BCUT2D eigenvalue weighted by Gasteiger charge is -1.99. The van der Waals surface area contributed by atoms with E-state index in [4.69, 9.17) is 4.42 Å². The van der Waals surface area contributed by atoms with Crippen LogP contribution in [0.4, 0.5) is 0 Å². The molecule has 1 aromatic heterocycles. The number of aromatic nitrogens is 2. The van der Waals surface area contributed by atoms with Gasteiger partial charge in [0.2, 0.25) is 11.8 Å². The van der Waals surface area contributed by atoms with Crippen molar-refractivity contribution >= 4 is 10.8 Å². The summed E-state index contributed by atoms with van der Waals surface area (Å²) in [5.41, 5.74) is 0.966. The van der Waals surface area contributed by atoms with Crippen LogP contribution in [0.3, 0.4) is 0 Å². The first-order valence-electron chi connectivity index (χ1n) is 6.06. The van der Waals surface area contributed by atoms with E-state index >= 15 is 0 Å². The molecular weight excluding hydrogens is 224 g/mol. The molecular formula is C15H14N2O. The van der Waals surface area contributed by atoms with Crippen LogP contribution in [-0.2, 0) is 0 Å². The van der Waals surface area contributed by atoms with E-state index in [-0.39, 0.29) is 5.92 Å². The molecule has 90 valence electrons. The molecule has 3 rings (SSSR count). The minimum atomic E-state index is 0.256. The summed E-state index contributed by atoms with van der Waals surface area (Å²) >= 11 is 0. The van der Waals surface area contributed by atoms with E-state index in [0.29, 0.717) is 11.8 Å². The summed E-state index contributed by atoms with van der Waals surface area (Å²) in [4.78, 5) is 0. The van der Waals surface area contributed by atoms with Crippen LogP contribution in [0.15, 0.2) is 46.9 Å². The van der Waals surface area contributed by atoms with Gasteiger partial charge in [-0.25, -0.2) is 0 Å². The molecule has 0 bridgehead atoms. The Morgan fingerprint density at radius 3 is 2.44 bits per heavy atom. The fourth-order valence-corrected chi connectivity index (χ4v) is 1.91. The van der Waals surface area contributed by atoms with Crippen molar-refractivity contribution in [3.05, 3.63) is 48.4 Å². The number of benzene rings is 2. The van der Waals surface area contributed by atoms with Crippen LogP contribution >= 0.6 is 0 Å². The highest BCUT2D eigenvalue weighted by atomic mass is 16.4. The van der Waals surface area contributed by atoms with E-state index in [2.05, 4.69) is 34.5 Å². The summed E-state index contributed by atoms with van der Waals surface area (Å²) in [6.45, 7) is 4.08. The van der Waals surface area contributed by atoms with Crippen LogP contribution < -0.4 is 0 Å². The lowest BCUT2D eigenvalue weighted by molar-refractivity contribution is 0.481. The maximum atomic E-state index is 5.66. The number of fused-ring (bicyclic) bond motifs is 1. The molecule has 3 heteroatoms. The summed E-state index contributed by atoms with van der Waals surface area (Å²) in [6.07, 6.45) is 0. The van der Waals surface area contributed by atoms with E-state index < -0.39 is 0 Å². The van der Waals surface area contributed by atoms with Crippen molar-refractivity contribution in [2.24, 2.45) is 0 Å². The predicted octanol–water partition coefficient (Wildman–Crippen LogP) is 4.01. The molecule has 0 saturated heterocycles. The molecule has 0 atom stereocenters. The highest BCUT2D eigenvalue weighted by Gasteiger charge is 2.11. The van der Waals surface area contributed by atoms with Crippen LogP contribution in [0.1, 0.15) is 25.7 Å². The first-order valence-corrected chi connectivity index (χ1v) is 6.06. The average Bonchev–Trinajstić information content (AvgIpc) is 2.88. The summed E-state index contributed by atoms with van der Waals surface area (Å²) in [7, 11) is 0. The third kappa shape index (κ3) is 1.88. The molecule has 0 aliphatic heterocycles. The van der Waals surface area contributed by atoms with E-state index in [1.165, 1.54) is 10.8 Å². The fraction of sp³-hybridized carbons (Fsp3) is 0.200. The monoisotopic (exact) mass is 238 g/mol. The van der Waals surface area contributed by atoms with Crippen molar-refractivity contribution in [1.82, 2.24) is 10.2 Å². The van der Waals surface area contributed by atoms with E-state index in [9.17, 15) is 0 Å². The SMILES string of the molecule is CC(C)c1nnc(-c2ccc3ccccc3c2)o1. The highest BCUT2D eigenvalue weighted by molar-refractivity contribution is 5.86. The zero-order valence-corrected chi connectivity index (χ0v) is 10.4. The van der Waals surface area contributed by atoms with Crippen molar-refractivity contribution in [3.63, 3.8) is 0 Å². The molecule has 0 amide bonds. The molecule has 0 unspecified atom stereocenters. The lowest BCUT2D eigenvalue weighted by atomic mass is 10.1. The lowest BCUT2D eigenvalue weighted by Crippen LogP contribution is -1.85. The number of rotatable bonds is 2. The highest BCUT2D eigenvalue weighted by Crippen LogP contribution is 2.25. The second kappa shape index (κ2) is 4.26. The van der Waals surface area contributed by atoms with Crippen LogP contribution in [0.2, 0.25) is 0 Å². The zero-order chi connectivity index (χ0) is 12.5. The van der Waals surface area contributed by atoms with Gasteiger partial charge in [0.15, 0.2) is 0 Å². The van der Waals surface area contributed by atoms with Gasteiger partial charge in [0.25, 0.3) is 0 Å². The van der Waals surface area contributed by atoms with Crippen LogP contribution in [0.5, 0.6) is 0 Å². The molecule has 2 aromatic carbocycles. The third-order valence-corrected chi connectivity index (χ3v) is 2.93. The maximum Gasteiger partial charge on any atom is 0.247 e. The summed E-state index contributed by atoms with van der Waals surface area (Å²) in [6, 6.07) is 14.4. The Morgan fingerprint density at radius 1 is 0.944 bits per heavy atom. The van der Waals surface area contributed by atoms with Crippen molar-refractivity contribution in [1.29, 1.82) is 0 Å². The van der Waals surface area contributed by atoms with Gasteiger partial charge in [-0.2, -0.15) is 0 Å². The molecule has 0 N–H and O–H groups in total. The first-order chi connectivity index (χ1) is 8.74. The largest absolute Gasteiger partial charge is 0.420 e. The standard InChI is InChI=1S/C15H14N2O/c1-10(2)14-16-17-15(18-14)13-8-7-11-5-3-4-6-12(11)9-13/h3-10H,1-2H3. The molecule has 0 spiro atoms. The molecule has 0 aliphatic carbocycles. The Labute approximate surface area is 105 Å². The molecule has 0 fully saturated rings. The minimum absolute atomic E-state index is 0.256. The smallest absolute Gasteiger partial charge is 0.247 e. The Kier molecular flexibility index (Phi) is 2.59. The Morgan fingerprint density at radius 2 is 1.72 bits per heavy atom. The third-order valence-electron chi connectivity index (χ3n) is 2.93. The quantitative estimate of drug-likeness (QED) is 0.677. The van der Waals surface area contributed by atoms with Gasteiger partial charge in [0, 0.05) is 11.5 Å². The fourth-order valence-electron chi connectivity index (χ4n) is 1.91. The van der Waals surface area contributed by atoms with Crippen molar-refractivity contribution < 1.29 is 4.42 Å². The second-order valence-electron chi connectivity index (χ2n) is 4.66. The number of nitrogens with zero attached hydrogens (tertiary/aromatic N) is 2. The van der Waals surface area contributed by atoms with Gasteiger partial charge in [0.1, 0.15) is 0 Å². The van der Waals surface area contributed by atoms with Gasteiger partial charge in [-0.15, -0.1) is 10.2 Å². The maximum absolute atomic E-state index is 5.66. The molecule has 18 heavy (non-hydrogen) atoms. The summed E-state index contributed by atoms with van der Waals surface area (Å²) in [5.74, 6) is 1.52. The first kappa shape index (κ1) is 11.0. The molecule has 0 saturated carbocycles. The normalized spacial score (nSPS) is 11.3. The molecule has 0 aliphatic rings. The van der Waals surface area contributed by atoms with Gasteiger partial charge < -0.3 is 4.42 Å². The molecule has 0 radical (unpaired) electrons. The predicted molar refractivity (Wildman–Crippen MR) is 71.3 cm³/mol. The van der Waals surface area contributed by atoms with Gasteiger partial charge in [-0.1, -0.05) is 44.2 Å². The van der Waals surface area contributed by atoms with Gasteiger partial charge in [-0.3, -0.25) is 0 Å². The van der Waals surface area contributed by atoms with Crippen LogP contribution in [-0.4, -0.2) is 10.2 Å². The Bertz CT molecular complexity index is 686. The van der Waals surface area contributed by atoms with Crippen molar-refractivity contribution in [2.75, 3.05) is 0 Å². The molecule has 3 aromatic rings. The topological polar surface area (TPSA) is 38.9 Å². The van der Waals surface area contributed by atoms with Gasteiger partial charge >= 0.3 is 0 Å². The van der Waals surface area contributed by atoms with Crippen molar-refractivity contribution in [2.45, 2.75) is 19.8 Å². The minimum Gasteiger partial charge on any atom is -0.420 e. The molecule has 3 nitrogen and oxygen atoms in total. The zero-order valence-electron chi connectivity index (χ0n) is 10.4. The summed E-state index contributed by atoms with van der Waals surface area (Å²) in [5, 5.41) is 10.5. The van der Waals surface area contributed by atoms with Crippen LogP contribution in [0.25, 0.3) is 22.2 Å². The van der Waals surface area contributed by atoms with Crippen LogP contribution in [0, 0.1) is 0 Å². The Balaban J connectivity index is 2.07. The average molecular weight is 238 g/mol. The summed E-state index contributed by atoms with van der Waals surface area (Å²) < 4.78 is 5.66. The van der Waals surface area contributed by atoms with E-state index in [1.54, 1.807) is 0 Å². The number of hydrogen-bond acceptors (Lipinski definition) is 3. The van der Waals surface area contributed by atoms with E-state index in [0.717, 1.165) is 5.56 Å². The molecule has 1 heterocycles. The van der Waals surface area contributed by atoms with Gasteiger partial charge in [-0.05, 0) is 22.9 Å². The van der Waals surface area contributed by atoms with Crippen molar-refractivity contribution in [3.8, 4) is 11.5 Å². The van der Waals surface area contributed by atoms with Gasteiger partial charge in [0.05, 0.1) is 0 Å². The number of hydrogen-bond donors (Lipinski definition) is 0. The Hall–Kier alpha value is -2.16. The van der Waals surface area contributed by atoms with E-state index in [1.807, 2.05) is 32.0 Å².